The van der Waals surface area contributed by atoms with Crippen LogP contribution in [0, 0.1) is 6.92 Å². The Labute approximate surface area is 113 Å². The fourth-order valence-corrected chi connectivity index (χ4v) is 1.56. The van der Waals surface area contributed by atoms with Crippen molar-refractivity contribution in [2.75, 3.05) is 25.6 Å². The minimum Gasteiger partial charge on any atom is -0.385 e. The summed E-state index contributed by atoms with van der Waals surface area (Å²) in [5.74, 6) is -0.583. The molecule has 0 aliphatic heterocycles. The zero-order valence-corrected chi connectivity index (χ0v) is 11.4. The first-order valence-corrected chi connectivity index (χ1v) is 6.24. The third-order valence-electron chi connectivity index (χ3n) is 2.59. The van der Waals surface area contributed by atoms with Gasteiger partial charge in [0.1, 0.15) is 6.42 Å². The molecule has 0 heterocycles. The Morgan fingerprint density at radius 3 is 2.63 bits per heavy atom. The number of methoxy groups -OCH3 is 1. The summed E-state index contributed by atoms with van der Waals surface area (Å²) in [6, 6.07) is 7.45. The number of nitrogens with one attached hydrogen (secondary N) is 2. The van der Waals surface area contributed by atoms with E-state index in [0.29, 0.717) is 13.2 Å². The van der Waals surface area contributed by atoms with Crippen molar-refractivity contribution in [2.24, 2.45) is 0 Å². The van der Waals surface area contributed by atoms with Gasteiger partial charge in [0.15, 0.2) is 0 Å². The molecule has 0 bridgehead atoms. The molecule has 19 heavy (non-hydrogen) atoms. The van der Waals surface area contributed by atoms with Gasteiger partial charge < -0.3 is 15.4 Å². The second-order valence-electron chi connectivity index (χ2n) is 4.24. The van der Waals surface area contributed by atoms with Crippen molar-refractivity contribution < 1.29 is 14.3 Å². The number of hydrogen-bond donors (Lipinski definition) is 2. The Kier molecular flexibility index (Phi) is 6.60. The summed E-state index contributed by atoms with van der Waals surface area (Å²) in [5.41, 5.74) is 1.70. The van der Waals surface area contributed by atoms with Crippen LogP contribution < -0.4 is 10.6 Å². The van der Waals surface area contributed by atoms with Gasteiger partial charge in [0.05, 0.1) is 0 Å². The maximum atomic E-state index is 11.7. The van der Waals surface area contributed by atoms with Crippen molar-refractivity contribution in [3.63, 3.8) is 0 Å². The van der Waals surface area contributed by atoms with Crippen LogP contribution in [-0.2, 0) is 14.3 Å². The van der Waals surface area contributed by atoms with Gasteiger partial charge in [-0.3, -0.25) is 9.59 Å². The van der Waals surface area contributed by atoms with Crippen LogP contribution in [0.15, 0.2) is 24.3 Å². The van der Waals surface area contributed by atoms with Gasteiger partial charge in [-0.2, -0.15) is 0 Å². The molecule has 1 aromatic rings. The first-order valence-electron chi connectivity index (χ1n) is 6.24. The molecule has 0 aliphatic carbocycles. The topological polar surface area (TPSA) is 67.4 Å². The lowest BCUT2D eigenvalue weighted by atomic mass is 10.2. The van der Waals surface area contributed by atoms with Gasteiger partial charge in [-0.25, -0.2) is 0 Å². The van der Waals surface area contributed by atoms with E-state index in [1.165, 1.54) is 0 Å². The average molecular weight is 264 g/mol. The Balaban J connectivity index is 2.31. The van der Waals surface area contributed by atoms with Gasteiger partial charge >= 0.3 is 0 Å². The summed E-state index contributed by atoms with van der Waals surface area (Å²) in [4.78, 5) is 23.1. The Hall–Kier alpha value is -1.88. The number of carbonyl (C=O) groups excluding carboxylic acids is 2. The average Bonchev–Trinajstić information content (AvgIpc) is 2.37. The second kappa shape index (κ2) is 8.26. The van der Waals surface area contributed by atoms with E-state index in [1.807, 2.05) is 31.2 Å². The second-order valence-corrected chi connectivity index (χ2v) is 4.24. The molecule has 0 radical (unpaired) electrons. The number of amides is 2. The van der Waals surface area contributed by atoms with Crippen molar-refractivity contribution in [1.82, 2.24) is 5.32 Å². The minimum atomic E-state index is -0.307. The number of ether oxygens (including phenoxy) is 1. The summed E-state index contributed by atoms with van der Waals surface area (Å²) >= 11 is 0. The Bertz CT molecular complexity index is 432. The van der Waals surface area contributed by atoms with Gasteiger partial charge in [0.2, 0.25) is 11.8 Å². The Morgan fingerprint density at radius 1 is 1.21 bits per heavy atom. The van der Waals surface area contributed by atoms with E-state index in [9.17, 15) is 9.59 Å². The molecular formula is C14H20N2O3. The predicted molar refractivity (Wildman–Crippen MR) is 73.9 cm³/mol. The van der Waals surface area contributed by atoms with Crippen LogP contribution in [0.3, 0.4) is 0 Å². The number of anilines is 1. The molecule has 104 valence electrons. The maximum Gasteiger partial charge on any atom is 0.233 e. The smallest absolute Gasteiger partial charge is 0.233 e. The summed E-state index contributed by atoms with van der Waals surface area (Å²) in [5, 5.41) is 5.39. The fraction of sp³-hybridized carbons (Fsp3) is 0.429. The molecule has 2 N–H and O–H groups in total. The molecule has 1 rings (SSSR count). The first kappa shape index (κ1) is 15.2. The Morgan fingerprint density at radius 2 is 1.95 bits per heavy atom. The molecule has 0 aliphatic rings. The van der Waals surface area contributed by atoms with E-state index in [-0.39, 0.29) is 18.2 Å². The molecule has 2 amide bonds. The molecule has 5 heteroatoms. The number of para-hydroxylation sites is 1. The van der Waals surface area contributed by atoms with Gasteiger partial charge in [-0.15, -0.1) is 0 Å². The third-order valence-corrected chi connectivity index (χ3v) is 2.59. The van der Waals surface area contributed by atoms with Crippen molar-refractivity contribution in [3.05, 3.63) is 29.8 Å². The van der Waals surface area contributed by atoms with E-state index >= 15 is 0 Å². The number of benzene rings is 1. The van der Waals surface area contributed by atoms with Crippen LogP contribution in [0.5, 0.6) is 0 Å². The normalized spacial score (nSPS) is 10.0. The lowest BCUT2D eigenvalue weighted by Crippen LogP contribution is -2.29. The van der Waals surface area contributed by atoms with Crippen LogP contribution in [0.2, 0.25) is 0 Å². The molecule has 0 spiro atoms. The van der Waals surface area contributed by atoms with Crippen LogP contribution >= 0.6 is 0 Å². The number of carbonyl (C=O) groups is 2. The standard InChI is InChI=1S/C14H20N2O3/c1-11-6-3-4-7-12(11)16-14(18)10-13(17)15-8-5-9-19-2/h3-4,6-7H,5,8-10H2,1-2H3,(H,15,17)(H,16,18). The molecule has 0 unspecified atom stereocenters. The summed E-state index contributed by atoms with van der Waals surface area (Å²) in [6.45, 7) is 3.01. The monoisotopic (exact) mass is 264 g/mol. The lowest BCUT2D eigenvalue weighted by Gasteiger charge is -2.08. The van der Waals surface area contributed by atoms with Crippen LogP contribution in [-0.4, -0.2) is 32.1 Å². The lowest BCUT2D eigenvalue weighted by molar-refractivity contribution is -0.126. The molecule has 0 saturated carbocycles. The third kappa shape index (κ3) is 6.01. The molecule has 0 aromatic heterocycles. The highest BCUT2D eigenvalue weighted by atomic mass is 16.5. The number of aryl methyl sites for hydroxylation is 1. The van der Waals surface area contributed by atoms with Gasteiger partial charge in [0, 0.05) is 25.9 Å². The van der Waals surface area contributed by atoms with Crippen molar-refractivity contribution in [1.29, 1.82) is 0 Å². The van der Waals surface area contributed by atoms with Gasteiger partial charge in [-0.1, -0.05) is 18.2 Å². The van der Waals surface area contributed by atoms with Crippen LogP contribution in [0.25, 0.3) is 0 Å². The summed E-state index contributed by atoms with van der Waals surface area (Å²) in [6.07, 6.45) is 0.572. The predicted octanol–water partition coefficient (Wildman–Crippen LogP) is 1.48. The van der Waals surface area contributed by atoms with Gasteiger partial charge in [-0.05, 0) is 25.0 Å². The number of rotatable bonds is 7. The van der Waals surface area contributed by atoms with Crippen molar-refractivity contribution in [3.8, 4) is 0 Å². The molecule has 5 nitrogen and oxygen atoms in total. The summed E-state index contributed by atoms with van der Waals surface area (Å²) in [7, 11) is 1.61. The molecule has 0 saturated heterocycles. The van der Waals surface area contributed by atoms with E-state index in [0.717, 1.165) is 17.7 Å². The number of hydrogen-bond acceptors (Lipinski definition) is 3. The highest BCUT2D eigenvalue weighted by Gasteiger charge is 2.09. The summed E-state index contributed by atoms with van der Waals surface area (Å²) < 4.78 is 4.87. The largest absolute Gasteiger partial charge is 0.385 e. The molecular weight excluding hydrogens is 244 g/mol. The van der Waals surface area contributed by atoms with Gasteiger partial charge in [0.25, 0.3) is 0 Å². The quantitative estimate of drug-likeness (QED) is 0.579. The van der Waals surface area contributed by atoms with Crippen molar-refractivity contribution in [2.45, 2.75) is 19.8 Å². The van der Waals surface area contributed by atoms with Crippen LogP contribution in [0.4, 0.5) is 5.69 Å². The van der Waals surface area contributed by atoms with E-state index in [2.05, 4.69) is 10.6 Å². The fourth-order valence-electron chi connectivity index (χ4n) is 1.56. The van der Waals surface area contributed by atoms with Crippen LogP contribution in [0.1, 0.15) is 18.4 Å². The SMILES string of the molecule is COCCCNC(=O)CC(=O)Nc1ccccc1C. The maximum absolute atomic E-state index is 11.7. The zero-order valence-electron chi connectivity index (χ0n) is 11.4. The minimum absolute atomic E-state index is 0.165. The highest BCUT2D eigenvalue weighted by molar-refractivity contribution is 6.03. The zero-order chi connectivity index (χ0) is 14.1. The molecule has 1 aromatic carbocycles. The molecule has 0 fully saturated rings. The van der Waals surface area contributed by atoms with Crippen molar-refractivity contribution >= 4 is 17.5 Å². The highest BCUT2D eigenvalue weighted by Crippen LogP contribution is 2.13. The molecule has 0 atom stereocenters. The first-order chi connectivity index (χ1) is 9.13. The van der Waals surface area contributed by atoms with E-state index in [4.69, 9.17) is 4.74 Å². The van der Waals surface area contributed by atoms with E-state index < -0.39 is 0 Å². The van der Waals surface area contributed by atoms with E-state index in [1.54, 1.807) is 7.11 Å².